The summed E-state index contributed by atoms with van der Waals surface area (Å²) in [6, 6.07) is 3.73. The van der Waals surface area contributed by atoms with Crippen molar-refractivity contribution in [1.82, 2.24) is 24.1 Å². The molecule has 1 aliphatic rings. The highest BCUT2D eigenvalue weighted by Gasteiger charge is 2.29. The fourth-order valence-electron chi connectivity index (χ4n) is 3.50. The summed E-state index contributed by atoms with van der Waals surface area (Å²) in [7, 11) is -1.83. The van der Waals surface area contributed by atoms with Crippen LogP contribution < -0.4 is 5.32 Å². The third-order valence-corrected chi connectivity index (χ3v) is 8.53. The van der Waals surface area contributed by atoms with Gasteiger partial charge in [0.2, 0.25) is 0 Å². The van der Waals surface area contributed by atoms with E-state index in [9.17, 15) is 8.42 Å². The normalized spacial score (nSPS) is 20.3. The maximum atomic E-state index is 12.6. The summed E-state index contributed by atoms with van der Waals surface area (Å²) in [6.45, 7) is 7.62. The first-order chi connectivity index (χ1) is 13.9. The van der Waals surface area contributed by atoms with Gasteiger partial charge in [0, 0.05) is 45.6 Å². The van der Waals surface area contributed by atoms with Crippen LogP contribution >= 0.6 is 35.3 Å². The summed E-state index contributed by atoms with van der Waals surface area (Å²) in [5, 5.41) is 5.13. The summed E-state index contributed by atoms with van der Waals surface area (Å²) in [6.07, 6.45) is 6.77. The molecule has 0 aromatic carbocycles. The lowest BCUT2D eigenvalue weighted by Gasteiger charge is -2.39. The second kappa shape index (κ2) is 11.4. The number of likely N-dealkylation sites (N-methyl/N-ethyl adjacent to an activating group) is 1. The number of guanidine groups is 1. The molecule has 3 rings (SSSR count). The van der Waals surface area contributed by atoms with E-state index in [1.807, 2.05) is 25.6 Å². The van der Waals surface area contributed by atoms with E-state index >= 15 is 0 Å². The van der Waals surface area contributed by atoms with Crippen LogP contribution in [0, 0.1) is 5.92 Å². The van der Waals surface area contributed by atoms with Crippen LogP contribution in [0.15, 0.2) is 45.4 Å². The van der Waals surface area contributed by atoms with Crippen molar-refractivity contribution in [2.24, 2.45) is 10.9 Å². The van der Waals surface area contributed by atoms with E-state index < -0.39 is 10.0 Å². The van der Waals surface area contributed by atoms with Crippen LogP contribution in [-0.4, -0.2) is 72.9 Å². The average molecular weight is 567 g/mol. The molecule has 0 radical (unpaired) electrons. The molecule has 2 unspecified atom stereocenters. The van der Waals surface area contributed by atoms with Gasteiger partial charge in [-0.2, -0.15) is 4.31 Å². The van der Waals surface area contributed by atoms with Gasteiger partial charge in [-0.05, 0) is 30.7 Å². The molecule has 0 saturated carbocycles. The fourth-order valence-corrected chi connectivity index (χ4v) is 5.86. The Labute approximate surface area is 200 Å². The number of aromatic nitrogens is 2. The monoisotopic (exact) mass is 566 g/mol. The van der Waals surface area contributed by atoms with Crippen LogP contribution in [0.2, 0.25) is 0 Å². The van der Waals surface area contributed by atoms with Gasteiger partial charge in [0.05, 0.1) is 18.9 Å². The fraction of sp³-hybridized carbons (Fsp3) is 0.579. The Kier molecular flexibility index (Phi) is 9.57. The molecule has 1 saturated heterocycles. The summed E-state index contributed by atoms with van der Waals surface area (Å²) < 4.78 is 29.0. The van der Waals surface area contributed by atoms with Crippen LogP contribution in [0.3, 0.4) is 0 Å². The zero-order valence-electron chi connectivity index (χ0n) is 17.6. The number of nitrogens with zero attached hydrogens (tertiary/aromatic N) is 5. The van der Waals surface area contributed by atoms with E-state index in [0.29, 0.717) is 29.3 Å². The average Bonchev–Trinajstić information content (AvgIpc) is 3.42. The third-order valence-electron chi connectivity index (χ3n) is 5.30. The van der Waals surface area contributed by atoms with Gasteiger partial charge in [-0.25, -0.2) is 13.4 Å². The van der Waals surface area contributed by atoms with Crippen molar-refractivity contribution < 1.29 is 8.42 Å². The van der Waals surface area contributed by atoms with E-state index in [1.54, 1.807) is 24.6 Å². The molecule has 30 heavy (non-hydrogen) atoms. The molecule has 1 aliphatic heterocycles. The van der Waals surface area contributed by atoms with E-state index in [-0.39, 0.29) is 24.0 Å². The van der Waals surface area contributed by atoms with Gasteiger partial charge in [-0.1, -0.05) is 13.0 Å². The minimum absolute atomic E-state index is 0. The summed E-state index contributed by atoms with van der Waals surface area (Å²) in [4.78, 5) is 11.2. The zero-order valence-corrected chi connectivity index (χ0v) is 21.6. The van der Waals surface area contributed by atoms with E-state index in [1.165, 1.54) is 15.6 Å². The largest absolute Gasteiger partial charge is 0.357 e. The highest BCUT2D eigenvalue weighted by atomic mass is 127. The Morgan fingerprint density at radius 1 is 1.47 bits per heavy atom. The highest BCUT2D eigenvalue weighted by molar-refractivity contribution is 14.0. The molecule has 1 fully saturated rings. The number of hydrogen-bond donors (Lipinski definition) is 1. The number of piperidine rings is 1. The number of sulfonamides is 1. The first kappa shape index (κ1) is 25.1. The lowest BCUT2D eigenvalue weighted by atomic mass is 9.93. The second-order valence-corrected chi connectivity index (χ2v) is 10.5. The highest BCUT2D eigenvalue weighted by Crippen LogP contribution is 2.27. The Hall–Kier alpha value is -1.18. The van der Waals surface area contributed by atoms with Crippen LogP contribution in [0.4, 0.5) is 0 Å². The molecule has 168 valence electrons. The number of rotatable bonds is 7. The molecule has 1 N–H and O–H groups in total. The van der Waals surface area contributed by atoms with Crippen molar-refractivity contribution in [1.29, 1.82) is 0 Å². The number of aliphatic imine (C=N–C) groups is 1. The molecule has 2 atom stereocenters. The maximum Gasteiger partial charge on any atom is 0.252 e. The van der Waals surface area contributed by atoms with E-state index in [4.69, 9.17) is 4.99 Å². The van der Waals surface area contributed by atoms with Gasteiger partial charge in [-0.3, -0.25) is 4.99 Å². The molecule has 11 heteroatoms. The SMILES string of the molecule is CCNC(=NCCN(C)S(=O)(=O)c1cccs1)N1CCC(C)C(n2ccnc2)C1.I. The van der Waals surface area contributed by atoms with Crippen LogP contribution in [0.1, 0.15) is 26.3 Å². The molecule has 3 heterocycles. The molecular weight excluding hydrogens is 535 g/mol. The van der Waals surface area contributed by atoms with Crippen molar-refractivity contribution in [3.63, 3.8) is 0 Å². The standard InChI is InChI=1S/C19H30N6O2S2.HI/c1-4-21-19(22-9-11-23(3)29(26,27)18-6-5-13-28-18)24-10-7-16(2)17(14-24)25-12-8-20-15-25;/h5-6,8,12-13,15-17H,4,7,9-11,14H2,1-3H3,(H,21,22);1H. The van der Waals surface area contributed by atoms with Crippen LogP contribution in [0.25, 0.3) is 0 Å². The van der Waals surface area contributed by atoms with Crippen molar-refractivity contribution in [2.75, 3.05) is 39.8 Å². The first-order valence-electron chi connectivity index (χ1n) is 9.94. The number of likely N-dealkylation sites (tertiary alicyclic amines) is 1. The van der Waals surface area contributed by atoms with Crippen molar-refractivity contribution in [3.05, 3.63) is 36.2 Å². The number of thiophene rings is 1. The van der Waals surface area contributed by atoms with Gasteiger partial charge in [0.15, 0.2) is 5.96 Å². The Morgan fingerprint density at radius 2 is 2.27 bits per heavy atom. The molecule has 0 aliphatic carbocycles. The van der Waals surface area contributed by atoms with Gasteiger partial charge in [-0.15, -0.1) is 35.3 Å². The van der Waals surface area contributed by atoms with E-state index in [2.05, 4.69) is 26.7 Å². The predicted molar refractivity (Wildman–Crippen MR) is 132 cm³/mol. The number of imidazole rings is 1. The number of nitrogens with one attached hydrogen (secondary N) is 1. The molecule has 2 aromatic rings. The number of hydrogen-bond acceptors (Lipinski definition) is 5. The van der Waals surface area contributed by atoms with Crippen LogP contribution in [0.5, 0.6) is 0 Å². The van der Waals surface area contributed by atoms with Crippen molar-refractivity contribution in [2.45, 2.75) is 30.5 Å². The molecule has 2 aromatic heterocycles. The van der Waals surface area contributed by atoms with Crippen LogP contribution in [-0.2, 0) is 10.0 Å². The molecule has 8 nitrogen and oxygen atoms in total. The number of halogens is 1. The Bertz CT molecular complexity index is 886. The predicted octanol–water partition coefficient (Wildman–Crippen LogP) is 2.73. The lowest BCUT2D eigenvalue weighted by Crippen LogP contribution is -2.49. The minimum atomic E-state index is -3.44. The zero-order chi connectivity index (χ0) is 20.9. The Morgan fingerprint density at radius 3 is 2.90 bits per heavy atom. The van der Waals surface area contributed by atoms with Crippen molar-refractivity contribution >= 4 is 51.3 Å². The smallest absolute Gasteiger partial charge is 0.252 e. The first-order valence-corrected chi connectivity index (χ1v) is 12.3. The molecular formula is C19H31IN6O2S2. The van der Waals surface area contributed by atoms with Crippen molar-refractivity contribution in [3.8, 4) is 0 Å². The summed E-state index contributed by atoms with van der Waals surface area (Å²) in [5.41, 5.74) is 0. The maximum absolute atomic E-state index is 12.6. The second-order valence-electron chi connectivity index (χ2n) is 7.28. The van der Waals surface area contributed by atoms with E-state index in [0.717, 1.165) is 32.0 Å². The van der Waals surface area contributed by atoms with Gasteiger partial charge < -0.3 is 14.8 Å². The van der Waals surface area contributed by atoms with Gasteiger partial charge >= 0.3 is 0 Å². The van der Waals surface area contributed by atoms with Gasteiger partial charge in [0.1, 0.15) is 4.21 Å². The summed E-state index contributed by atoms with van der Waals surface area (Å²) >= 11 is 1.23. The summed E-state index contributed by atoms with van der Waals surface area (Å²) in [5.74, 6) is 1.40. The third kappa shape index (κ3) is 5.95. The lowest BCUT2D eigenvalue weighted by molar-refractivity contribution is 0.189. The molecule has 0 amide bonds. The minimum Gasteiger partial charge on any atom is -0.357 e. The molecule has 0 bridgehead atoms. The topological polar surface area (TPSA) is 82.8 Å². The Balaban J connectivity index is 0.00000320. The molecule has 0 spiro atoms. The van der Waals surface area contributed by atoms with Gasteiger partial charge in [0.25, 0.3) is 10.0 Å². The quantitative estimate of drug-likeness (QED) is 0.317.